The Morgan fingerprint density at radius 1 is 1.17 bits per heavy atom. The number of ether oxygens (including phenoxy) is 1. The number of carbonyl (C=O) groups is 1. The number of hydrogen-bond donors (Lipinski definition) is 1. The van der Waals surface area contributed by atoms with Crippen LogP contribution in [0.25, 0.3) is 10.8 Å². The van der Waals surface area contributed by atoms with E-state index in [1.165, 1.54) is 11.3 Å². The number of pyridine rings is 2. The first-order valence-electron chi connectivity index (χ1n) is 9.53. The molecule has 4 heterocycles. The van der Waals surface area contributed by atoms with Crippen molar-refractivity contribution in [1.29, 1.82) is 0 Å². The van der Waals surface area contributed by atoms with Crippen LogP contribution < -0.4 is 5.32 Å². The van der Waals surface area contributed by atoms with E-state index in [4.69, 9.17) is 4.74 Å². The SMILES string of the molecule is O=C(c1nccc2ccccc12)N1CCO[C@@H](c2cccc(Nc3nncs3)n2)C1. The second-order valence-electron chi connectivity index (χ2n) is 6.81. The summed E-state index contributed by atoms with van der Waals surface area (Å²) in [5.74, 6) is 0.565. The fourth-order valence-electron chi connectivity index (χ4n) is 3.49. The fraction of sp³-hybridized carbons (Fsp3) is 0.190. The summed E-state index contributed by atoms with van der Waals surface area (Å²) in [5.41, 5.74) is 2.88. The summed E-state index contributed by atoms with van der Waals surface area (Å²) in [4.78, 5) is 24.0. The Bertz CT molecular complexity index is 1180. The summed E-state index contributed by atoms with van der Waals surface area (Å²) in [6, 6.07) is 15.4. The van der Waals surface area contributed by atoms with Gasteiger partial charge in [0.2, 0.25) is 5.13 Å². The van der Waals surface area contributed by atoms with Crippen LogP contribution >= 0.6 is 11.3 Å². The van der Waals surface area contributed by atoms with Crippen LogP contribution in [0.5, 0.6) is 0 Å². The molecule has 0 spiro atoms. The van der Waals surface area contributed by atoms with Crippen molar-refractivity contribution in [3.63, 3.8) is 0 Å². The van der Waals surface area contributed by atoms with Crippen molar-refractivity contribution in [2.75, 3.05) is 25.0 Å². The van der Waals surface area contributed by atoms with Crippen LogP contribution in [0.3, 0.4) is 0 Å². The third kappa shape index (κ3) is 3.72. The summed E-state index contributed by atoms with van der Waals surface area (Å²) in [6.07, 6.45) is 1.37. The third-order valence-electron chi connectivity index (χ3n) is 4.93. The van der Waals surface area contributed by atoms with Gasteiger partial charge in [-0.2, -0.15) is 0 Å². The fourth-order valence-corrected chi connectivity index (χ4v) is 3.94. The number of fused-ring (bicyclic) bond motifs is 1. The highest BCUT2D eigenvalue weighted by atomic mass is 32.1. The Balaban J connectivity index is 1.36. The minimum atomic E-state index is -0.311. The standard InChI is InChI=1S/C21H18N6O2S/c28-20(19-15-5-2-1-4-14(15)8-9-22-19)27-10-11-29-17(12-27)16-6-3-7-18(24-16)25-21-26-23-13-30-21/h1-9,13,17H,10-12H2,(H,24,25,26)/t17-/m1/s1. The lowest BCUT2D eigenvalue weighted by atomic mass is 10.1. The Labute approximate surface area is 176 Å². The highest BCUT2D eigenvalue weighted by molar-refractivity contribution is 7.13. The van der Waals surface area contributed by atoms with Crippen LogP contribution in [0, 0.1) is 0 Å². The number of aromatic nitrogens is 4. The van der Waals surface area contributed by atoms with Crippen molar-refractivity contribution < 1.29 is 9.53 Å². The molecular weight excluding hydrogens is 400 g/mol. The molecule has 4 aromatic rings. The third-order valence-corrected chi connectivity index (χ3v) is 5.53. The predicted octanol–water partition coefficient (Wildman–Crippen LogP) is 3.44. The Kier molecular flexibility index (Phi) is 5.04. The molecule has 1 aliphatic rings. The molecule has 1 N–H and O–H groups in total. The maximum atomic E-state index is 13.2. The number of amides is 1. The van der Waals surface area contributed by atoms with Crippen LogP contribution in [0.15, 0.2) is 60.2 Å². The van der Waals surface area contributed by atoms with Crippen molar-refractivity contribution >= 4 is 39.0 Å². The van der Waals surface area contributed by atoms with E-state index in [0.717, 1.165) is 16.5 Å². The molecule has 1 amide bonds. The molecule has 8 nitrogen and oxygen atoms in total. The van der Waals surface area contributed by atoms with E-state index in [1.54, 1.807) is 16.6 Å². The number of carbonyl (C=O) groups excluding carboxylic acids is 1. The normalized spacial score (nSPS) is 16.5. The summed E-state index contributed by atoms with van der Waals surface area (Å²) >= 11 is 1.40. The predicted molar refractivity (Wildman–Crippen MR) is 114 cm³/mol. The monoisotopic (exact) mass is 418 g/mol. The van der Waals surface area contributed by atoms with Gasteiger partial charge in [-0.1, -0.05) is 41.7 Å². The maximum absolute atomic E-state index is 13.2. The molecule has 3 aromatic heterocycles. The van der Waals surface area contributed by atoms with E-state index < -0.39 is 0 Å². The summed E-state index contributed by atoms with van der Waals surface area (Å²) in [5, 5.41) is 13.4. The summed E-state index contributed by atoms with van der Waals surface area (Å²) < 4.78 is 5.93. The lowest BCUT2D eigenvalue weighted by Gasteiger charge is -2.32. The first-order chi connectivity index (χ1) is 14.8. The molecule has 1 fully saturated rings. The zero-order valence-electron chi connectivity index (χ0n) is 15.9. The Morgan fingerprint density at radius 3 is 3.00 bits per heavy atom. The second kappa shape index (κ2) is 8.13. The molecule has 9 heteroatoms. The second-order valence-corrected chi connectivity index (χ2v) is 7.64. The number of hydrogen-bond acceptors (Lipinski definition) is 8. The Morgan fingerprint density at radius 2 is 2.10 bits per heavy atom. The van der Waals surface area contributed by atoms with Crippen molar-refractivity contribution in [3.05, 3.63) is 71.6 Å². The van der Waals surface area contributed by atoms with Gasteiger partial charge in [0.05, 0.1) is 18.8 Å². The molecule has 0 saturated carbocycles. The maximum Gasteiger partial charge on any atom is 0.273 e. The highest BCUT2D eigenvalue weighted by Crippen LogP contribution is 2.25. The highest BCUT2D eigenvalue weighted by Gasteiger charge is 2.28. The molecule has 0 bridgehead atoms. The summed E-state index contributed by atoms with van der Waals surface area (Å²) in [7, 11) is 0. The molecule has 1 saturated heterocycles. The van der Waals surface area contributed by atoms with E-state index in [0.29, 0.717) is 36.3 Å². The topological polar surface area (TPSA) is 93.1 Å². The molecule has 30 heavy (non-hydrogen) atoms. The van der Waals surface area contributed by atoms with Gasteiger partial charge in [-0.05, 0) is 23.6 Å². The smallest absolute Gasteiger partial charge is 0.273 e. The van der Waals surface area contributed by atoms with Gasteiger partial charge in [0.1, 0.15) is 23.1 Å². The number of anilines is 2. The van der Waals surface area contributed by atoms with Crippen molar-refractivity contribution in [2.45, 2.75) is 6.10 Å². The van der Waals surface area contributed by atoms with Gasteiger partial charge in [-0.3, -0.25) is 9.78 Å². The van der Waals surface area contributed by atoms with Crippen LogP contribution in [-0.2, 0) is 4.74 Å². The quantitative estimate of drug-likeness (QED) is 0.543. The number of nitrogens with one attached hydrogen (secondary N) is 1. The first-order valence-corrected chi connectivity index (χ1v) is 10.4. The average Bonchev–Trinajstić information content (AvgIpc) is 3.31. The van der Waals surface area contributed by atoms with E-state index in [-0.39, 0.29) is 12.0 Å². The first kappa shape index (κ1) is 18.6. The average molecular weight is 418 g/mol. The van der Waals surface area contributed by atoms with Gasteiger partial charge < -0.3 is 15.0 Å². The molecule has 150 valence electrons. The number of nitrogens with zero attached hydrogens (tertiary/aromatic N) is 5. The minimum Gasteiger partial charge on any atom is -0.368 e. The van der Waals surface area contributed by atoms with Crippen LogP contribution in [-0.4, -0.2) is 50.7 Å². The number of rotatable bonds is 4. The van der Waals surface area contributed by atoms with Gasteiger partial charge in [-0.15, -0.1) is 10.2 Å². The lowest BCUT2D eigenvalue weighted by molar-refractivity contribution is -0.0247. The molecule has 0 radical (unpaired) electrons. The lowest BCUT2D eigenvalue weighted by Crippen LogP contribution is -2.42. The Hall–Kier alpha value is -3.43. The largest absolute Gasteiger partial charge is 0.368 e. The molecule has 1 aromatic carbocycles. The van der Waals surface area contributed by atoms with Crippen molar-refractivity contribution in [3.8, 4) is 0 Å². The van der Waals surface area contributed by atoms with Gasteiger partial charge in [0, 0.05) is 18.1 Å². The van der Waals surface area contributed by atoms with Gasteiger partial charge >= 0.3 is 0 Å². The molecule has 5 rings (SSSR count). The van der Waals surface area contributed by atoms with E-state index >= 15 is 0 Å². The van der Waals surface area contributed by atoms with E-state index in [1.807, 2.05) is 48.5 Å². The number of benzene rings is 1. The molecule has 1 aliphatic heterocycles. The van der Waals surface area contributed by atoms with Crippen LogP contribution in [0.4, 0.5) is 10.9 Å². The van der Waals surface area contributed by atoms with E-state index in [2.05, 4.69) is 25.5 Å². The van der Waals surface area contributed by atoms with Gasteiger partial charge in [-0.25, -0.2) is 4.98 Å². The van der Waals surface area contributed by atoms with Crippen molar-refractivity contribution in [2.24, 2.45) is 0 Å². The van der Waals surface area contributed by atoms with Crippen molar-refractivity contribution in [1.82, 2.24) is 25.1 Å². The van der Waals surface area contributed by atoms with Crippen LogP contribution in [0.2, 0.25) is 0 Å². The number of morpholine rings is 1. The van der Waals surface area contributed by atoms with Crippen LogP contribution in [0.1, 0.15) is 22.3 Å². The van der Waals surface area contributed by atoms with E-state index in [9.17, 15) is 4.79 Å². The zero-order valence-corrected chi connectivity index (χ0v) is 16.7. The molecule has 0 unspecified atom stereocenters. The van der Waals surface area contributed by atoms with Gasteiger partial charge in [0.25, 0.3) is 5.91 Å². The van der Waals surface area contributed by atoms with Gasteiger partial charge in [0.15, 0.2) is 0 Å². The summed E-state index contributed by atoms with van der Waals surface area (Å²) in [6.45, 7) is 1.37. The minimum absolute atomic E-state index is 0.0942. The molecule has 1 atom stereocenters. The molecule has 0 aliphatic carbocycles. The molecular formula is C21H18N6O2S. The zero-order chi connectivity index (χ0) is 20.3.